The number of hydrogen-bond donors (Lipinski definition) is 3. The van der Waals surface area contributed by atoms with Gasteiger partial charge in [0.2, 0.25) is 10.0 Å². The van der Waals surface area contributed by atoms with Crippen LogP contribution < -0.4 is 10.0 Å². The Hall–Kier alpha value is -3.34. The summed E-state index contributed by atoms with van der Waals surface area (Å²) < 4.78 is 53.8. The molecule has 1 amide bonds. The SMILES string of the molecule is CNS(=O)(=O)c1ccc(Cl)c(C(=O)Nc2ccc3nc(-c4cc(F)ccc4F)[nH]c3c2)c1. The van der Waals surface area contributed by atoms with E-state index in [1.807, 2.05) is 0 Å². The molecule has 0 radical (unpaired) electrons. The highest BCUT2D eigenvalue weighted by atomic mass is 35.5. The van der Waals surface area contributed by atoms with Gasteiger partial charge >= 0.3 is 0 Å². The molecule has 0 bridgehead atoms. The number of imidazole rings is 1. The third-order valence-corrected chi connectivity index (χ3v) is 6.43. The second-order valence-electron chi connectivity index (χ2n) is 6.74. The van der Waals surface area contributed by atoms with E-state index in [2.05, 4.69) is 20.0 Å². The average Bonchev–Trinajstić information content (AvgIpc) is 3.18. The molecule has 0 saturated heterocycles. The summed E-state index contributed by atoms with van der Waals surface area (Å²) in [6.45, 7) is 0. The van der Waals surface area contributed by atoms with Crippen LogP contribution in [-0.2, 0) is 10.0 Å². The second-order valence-corrected chi connectivity index (χ2v) is 9.04. The summed E-state index contributed by atoms with van der Waals surface area (Å²) in [6.07, 6.45) is 0. The highest BCUT2D eigenvalue weighted by molar-refractivity contribution is 7.89. The number of nitrogens with zero attached hydrogens (tertiary/aromatic N) is 1. The third-order valence-electron chi connectivity index (χ3n) is 4.68. The van der Waals surface area contributed by atoms with Gasteiger partial charge in [-0.3, -0.25) is 4.79 Å². The maximum atomic E-state index is 14.1. The minimum Gasteiger partial charge on any atom is -0.338 e. The maximum Gasteiger partial charge on any atom is 0.257 e. The van der Waals surface area contributed by atoms with E-state index in [-0.39, 0.29) is 26.9 Å². The predicted molar refractivity (Wildman–Crippen MR) is 117 cm³/mol. The normalized spacial score (nSPS) is 11.6. The number of fused-ring (bicyclic) bond motifs is 1. The largest absolute Gasteiger partial charge is 0.338 e. The van der Waals surface area contributed by atoms with Crippen molar-refractivity contribution in [2.45, 2.75) is 4.90 Å². The lowest BCUT2D eigenvalue weighted by Gasteiger charge is -2.09. The van der Waals surface area contributed by atoms with Gasteiger partial charge in [0, 0.05) is 5.69 Å². The van der Waals surface area contributed by atoms with Crippen molar-refractivity contribution in [3.05, 3.63) is 76.8 Å². The van der Waals surface area contributed by atoms with Gasteiger partial charge in [-0.15, -0.1) is 0 Å². The molecule has 0 spiro atoms. The molecule has 1 aromatic heterocycles. The molecule has 0 unspecified atom stereocenters. The van der Waals surface area contributed by atoms with Crippen LogP contribution in [0.25, 0.3) is 22.4 Å². The highest BCUT2D eigenvalue weighted by Gasteiger charge is 2.18. The van der Waals surface area contributed by atoms with Crippen molar-refractivity contribution >= 4 is 44.3 Å². The van der Waals surface area contributed by atoms with Gasteiger partial charge in [-0.25, -0.2) is 26.9 Å². The lowest BCUT2D eigenvalue weighted by Crippen LogP contribution is -2.20. The first-order valence-electron chi connectivity index (χ1n) is 9.17. The maximum absolute atomic E-state index is 14.1. The van der Waals surface area contributed by atoms with E-state index in [1.54, 1.807) is 18.2 Å². The minimum atomic E-state index is -3.76. The Morgan fingerprint density at radius 3 is 2.59 bits per heavy atom. The van der Waals surface area contributed by atoms with E-state index in [4.69, 9.17) is 11.6 Å². The predicted octanol–water partition coefficient (Wildman–Crippen LogP) is 4.32. The summed E-state index contributed by atoms with van der Waals surface area (Å²) >= 11 is 6.09. The summed E-state index contributed by atoms with van der Waals surface area (Å²) in [5.41, 5.74) is 1.24. The van der Waals surface area contributed by atoms with Gasteiger partial charge in [0.25, 0.3) is 5.91 Å². The number of aromatic nitrogens is 2. The standard InChI is InChI=1S/C21H15ClF2N4O3S/c1-25-32(30,31)13-4-5-16(22)14(10-13)21(29)26-12-3-7-18-19(9-12)28-20(27-18)15-8-11(23)2-6-17(15)24/h2-10,25H,1H3,(H,26,29)(H,27,28). The molecule has 4 aromatic rings. The zero-order valence-corrected chi connectivity index (χ0v) is 18.0. The van der Waals surface area contributed by atoms with Crippen LogP contribution in [0.3, 0.4) is 0 Å². The van der Waals surface area contributed by atoms with Crippen molar-refractivity contribution < 1.29 is 22.0 Å². The number of benzene rings is 3. The molecule has 0 fully saturated rings. The van der Waals surface area contributed by atoms with E-state index >= 15 is 0 Å². The molecule has 7 nitrogen and oxygen atoms in total. The van der Waals surface area contributed by atoms with Crippen molar-refractivity contribution in [2.24, 2.45) is 0 Å². The topological polar surface area (TPSA) is 104 Å². The molecular formula is C21H15ClF2N4O3S. The second kappa shape index (κ2) is 8.30. The third kappa shape index (κ3) is 4.20. The first kappa shape index (κ1) is 21.9. The molecule has 0 aliphatic rings. The van der Waals surface area contributed by atoms with Crippen molar-refractivity contribution in [1.29, 1.82) is 0 Å². The van der Waals surface area contributed by atoms with Crippen LogP contribution >= 0.6 is 11.6 Å². The van der Waals surface area contributed by atoms with E-state index < -0.39 is 27.6 Å². The summed E-state index contributed by atoms with van der Waals surface area (Å²) in [5.74, 6) is -1.73. The van der Waals surface area contributed by atoms with Gasteiger partial charge in [0.15, 0.2) is 0 Å². The number of rotatable bonds is 5. The smallest absolute Gasteiger partial charge is 0.257 e. The molecule has 0 saturated carbocycles. The lowest BCUT2D eigenvalue weighted by molar-refractivity contribution is 0.102. The molecule has 4 rings (SSSR count). The molecule has 164 valence electrons. The quantitative estimate of drug-likeness (QED) is 0.399. The molecule has 0 aliphatic heterocycles. The van der Waals surface area contributed by atoms with Gasteiger partial charge in [0.05, 0.1) is 32.1 Å². The van der Waals surface area contributed by atoms with Crippen LogP contribution in [0.15, 0.2) is 59.5 Å². The number of hydrogen-bond acceptors (Lipinski definition) is 4. The van der Waals surface area contributed by atoms with E-state index in [0.29, 0.717) is 16.7 Å². The minimum absolute atomic E-state index is 0.0267. The molecule has 3 aromatic carbocycles. The Bertz CT molecular complexity index is 1470. The molecule has 0 atom stereocenters. The number of H-pyrrole nitrogens is 1. The van der Waals surface area contributed by atoms with E-state index in [1.165, 1.54) is 25.2 Å². The number of anilines is 1. The number of nitrogens with one attached hydrogen (secondary N) is 3. The fourth-order valence-electron chi connectivity index (χ4n) is 3.06. The Morgan fingerprint density at radius 1 is 1.06 bits per heavy atom. The Morgan fingerprint density at radius 2 is 1.84 bits per heavy atom. The lowest BCUT2D eigenvalue weighted by atomic mass is 10.2. The van der Waals surface area contributed by atoms with Crippen molar-refractivity contribution in [3.63, 3.8) is 0 Å². The van der Waals surface area contributed by atoms with Crippen molar-refractivity contribution in [2.75, 3.05) is 12.4 Å². The number of amides is 1. The van der Waals surface area contributed by atoms with Crippen LogP contribution in [0.2, 0.25) is 5.02 Å². The van der Waals surface area contributed by atoms with Crippen molar-refractivity contribution in [3.8, 4) is 11.4 Å². The fraction of sp³-hybridized carbons (Fsp3) is 0.0476. The number of halogens is 3. The van der Waals surface area contributed by atoms with Crippen LogP contribution in [0.4, 0.5) is 14.5 Å². The number of sulfonamides is 1. The fourth-order valence-corrected chi connectivity index (χ4v) is 4.01. The highest BCUT2D eigenvalue weighted by Crippen LogP contribution is 2.26. The summed E-state index contributed by atoms with van der Waals surface area (Å²) in [6, 6.07) is 11.5. The summed E-state index contributed by atoms with van der Waals surface area (Å²) in [4.78, 5) is 19.8. The molecule has 3 N–H and O–H groups in total. The molecule has 1 heterocycles. The van der Waals surface area contributed by atoms with Crippen LogP contribution in [0.5, 0.6) is 0 Å². The zero-order valence-electron chi connectivity index (χ0n) is 16.4. The van der Waals surface area contributed by atoms with Crippen LogP contribution in [0.1, 0.15) is 10.4 Å². The summed E-state index contributed by atoms with van der Waals surface area (Å²) in [5, 5.41) is 2.71. The summed E-state index contributed by atoms with van der Waals surface area (Å²) in [7, 11) is -2.50. The number of carbonyl (C=O) groups excluding carboxylic acids is 1. The Kier molecular flexibility index (Phi) is 5.68. The van der Waals surface area contributed by atoms with Crippen LogP contribution in [0, 0.1) is 11.6 Å². The van der Waals surface area contributed by atoms with E-state index in [9.17, 15) is 22.0 Å². The van der Waals surface area contributed by atoms with Gasteiger partial charge in [-0.2, -0.15) is 0 Å². The first-order valence-corrected chi connectivity index (χ1v) is 11.0. The molecule has 32 heavy (non-hydrogen) atoms. The average molecular weight is 477 g/mol. The molecular weight excluding hydrogens is 462 g/mol. The monoisotopic (exact) mass is 476 g/mol. The van der Waals surface area contributed by atoms with E-state index in [0.717, 1.165) is 18.2 Å². The first-order chi connectivity index (χ1) is 15.2. The van der Waals surface area contributed by atoms with Gasteiger partial charge in [-0.1, -0.05) is 11.6 Å². The van der Waals surface area contributed by atoms with Crippen LogP contribution in [-0.4, -0.2) is 31.3 Å². The Labute approximate surface area is 186 Å². The number of aromatic amines is 1. The van der Waals surface area contributed by atoms with Gasteiger partial charge < -0.3 is 10.3 Å². The molecule has 11 heteroatoms. The van der Waals surface area contributed by atoms with Gasteiger partial charge in [-0.05, 0) is 61.6 Å². The number of carbonyl (C=O) groups is 1. The van der Waals surface area contributed by atoms with Crippen molar-refractivity contribution in [1.82, 2.24) is 14.7 Å². The molecule has 0 aliphatic carbocycles. The van der Waals surface area contributed by atoms with Gasteiger partial charge in [0.1, 0.15) is 17.5 Å². The Balaban J connectivity index is 1.65. The zero-order chi connectivity index (χ0) is 23.0.